The second-order valence-electron chi connectivity index (χ2n) is 4.54. The van der Waals surface area contributed by atoms with E-state index in [1.807, 2.05) is 0 Å². The third-order valence-corrected chi connectivity index (χ3v) is 3.23. The van der Waals surface area contributed by atoms with Crippen molar-refractivity contribution < 1.29 is 9.90 Å². The number of hydrogen-bond donors (Lipinski definition) is 2. The molecule has 0 spiro atoms. The van der Waals surface area contributed by atoms with Gasteiger partial charge in [0.25, 0.3) is 0 Å². The van der Waals surface area contributed by atoms with Crippen LogP contribution in [0.3, 0.4) is 0 Å². The van der Waals surface area contributed by atoms with Gasteiger partial charge in [-0.2, -0.15) is 5.10 Å². The van der Waals surface area contributed by atoms with Crippen molar-refractivity contribution in [2.45, 2.75) is 37.8 Å². The minimum atomic E-state index is -1.05. The van der Waals surface area contributed by atoms with Crippen LogP contribution >= 0.6 is 0 Å². The molecule has 3 N–H and O–H groups in total. The number of carbonyl (C=O) groups is 1. The number of nitrogens with two attached hydrogens (primary N) is 1. The van der Waals surface area contributed by atoms with Gasteiger partial charge in [0.15, 0.2) is 0 Å². The average molecular weight is 224 g/mol. The Morgan fingerprint density at radius 1 is 1.69 bits per heavy atom. The van der Waals surface area contributed by atoms with Gasteiger partial charge in [-0.25, -0.2) is 4.98 Å². The van der Waals surface area contributed by atoms with E-state index in [1.165, 1.54) is 6.33 Å². The highest BCUT2D eigenvalue weighted by Gasteiger charge is 2.39. The lowest BCUT2D eigenvalue weighted by Gasteiger charge is -2.34. The summed E-state index contributed by atoms with van der Waals surface area (Å²) in [6.45, 7) is 0.701. The summed E-state index contributed by atoms with van der Waals surface area (Å²) in [5.41, 5.74) is 4.82. The Labute approximate surface area is 93.5 Å². The smallest absolute Gasteiger partial charge is 0.323 e. The predicted molar refractivity (Wildman–Crippen MR) is 56.5 cm³/mol. The van der Waals surface area contributed by atoms with Gasteiger partial charge in [-0.05, 0) is 25.2 Å². The Balaban J connectivity index is 1.99. The number of nitrogens with zero attached hydrogens (tertiary/aromatic N) is 3. The minimum Gasteiger partial charge on any atom is -0.480 e. The van der Waals surface area contributed by atoms with Gasteiger partial charge >= 0.3 is 5.97 Å². The zero-order chi connectivity index (χ0) is 11.6. The van der Waals surface area contributed by atoms with Gasteiger partial charge in [0.2, 0.25) is 0 Å². The summed E-state index contributed by atoms with van der Waals surface area (Å²) in [4.78, 5) is 14.9. The third kappa shape index (κ3) is 2.21. The van der Waals surface area contributed by atoms with E-state index in [1.54, 1.807) is 11.0 Å². The largest absolute Gasteiger partial charge is 0.480 e. The summed E-state index contributed by atoms with van der Waals surface area (Å²) in [6, 6.07) is 0. The first-order valence-electron chi connectivity index (χ1n) is 5.45. The monoisotopic (exact) mass is 224 g/mol. The number of aliphatic carboxylic acids is 1. The molecule has 1 fully saturated rings. The molecule has 1 aliphatic rings. The van der Waals surface area contributed by atoms with Gasteiger partial charge in [0.05, 0.1) is 0 Å². The Morgan fingerprint density at radius 2 is 2.50 bits per heavy atom. The molecule has 2 rings (SSSR count). The zero-order valence-corrected chi connectivity index (χ0v) is 9.04. The Kier molecular flexibility index (Phi) is 2.91. The molecule has 1 aromatic rings. The van der Waals surface area contributed by atoms with Gasteiger partial charge in [-0.15, -0.1) is 0 Å². The Morgan fingerprint density at radius 3 is 3.12 bits per heavy atom. The standard InChI is InChI=1S/C10H16N4O2/c11-10(9(15)16)3-1-2-8(4-10)5-14-7-12-6-13-14/h6-8H,1-5,11H2,(H,15,16). The van der Waals surface area contributed by atoms with Crippen molar-refractivity contribution in [3.63, 3.8) is 0 Å². The fourth-order valence-corrected chi connectivity index (χ4v) is 2.37. The molecular formula is C10H16N4O2. The number of carboxylic acids is 1. The van der Waals surface area contributed by atoms with Crippen molar-refractivity contribution in [3.05, 3.63) is 12.7 Å². The first-order valence-corrected chi connectivity index (χ1v) is 5.45. The quantitative estimate of drug-likeness (QED) is 0.767. The molecule has 0 aliphatic heterocycles. The summed E-state index contributed by atoms with van der Waals surface area (Å²) in [6.07, 6.45) is 6.08. The van der Waals surface area contributed by atoms with Crippen molar-refractivity contribution in [1.82, 2.24) is 14.8 Å². The van der Waals surface area contributed by atoms with Crippen LogP contribution in [0.5, 0.6) is 0 Å². The average Bonchev–Trinajstić information content (AvgIpc) is 2.70. The summed E-state index contributed by atoms with van der Waals surface area (Å²) < 4.78 is 1.73. The molecule has 0 bridgehead atoms. The first-order chi connectivity index (χ1) is 7.60. The Hall–Kier alpha value is -1.43. The van der Waals surface area contributed by atoms with Gasteiger partial charge in [0.1, 0.15) is 18.2 Å². The zero-order valence-electron chi connectivity index (χ0n) is 9.04. The van der Waals surface area contributed by atoms with Crippen LogP contribution in [0, 0.1) is 5.92 Å². The van der Waals surface area contributed by atoms with Crippen molar-refractivity contribution in [2.24, 2.45) is 11.7 Å². The summed E-state index contributed by atoms with van der Waals surface area (Å²) >= 11 is 0. The molecule has 1 heterocycles. The molecule has 88 valence electrons. The highest BCUT2D eigenvalue weighted by Crippen LogP contribution is 2.31. The maximum atomic E-state index is 11.1. The second kappa shape index (κ2) is 4.21. The molecule has 0 amide bonds. The number of hydrogen-bond acceptors (Lipinski definition) is 4. The van der Waals surface area contributed by atoms with E-state index in [0.29, 0.717) is 19.4 Å². The highest BCUT2D eigenvalue weighted by atomic mass is 16.4. The van der Waals surface area contributed by atoms with Crippen LogP contribution in [-0.2, 0) is 11.3 Å². The topological polar surface area (TPSA) is 94.0 Å². The van der Waals surface area contributed by atoms with Gasteiger partial charge < -0.3 is 10.8 Å². The molecule has 1 saturated carbocycles. The predicted octanol–water partition coefficient (Wildman–Crippen LogP) is 0.250. The van der Waals surface area contributed by atoms with Crippen molar-refractivity contribution >= 4 is 5.97 Å². The molecule has 16 heavy (non-hydrogen) atoms. The normalized spacial score (nSPS) is 30.2. The van der Waals surface area contributed by atoms with E-state index >= 15 is 0 Å². The van der Waals surface area contributed by atoms with Crippen LogP contribution in [0.1, 0.15) is 25.7 Å². The lowest BCUT2D eigenvalue weighted by atomic mass is 9.76. The molecule has 1 aliphatic carbocycles. The van der Waals surface area contributed by atoms with Crippen LogP contribution in [0.15, 0.2) is 12.7 Å². The third-order valence-electron chi connectivity index (χ3n) is 3.23. The van der Waals surface area contributed by atoms with E-state index in [2.05, 4.69) is 10.1 Å². The van der Waals surface area contributed by atoms with Gasteiger partial charge in [0, 0.05) is 6.54 Å². The first kappa shape index (κ1) is 11.1. The van der Waals surface area contributed by atoms with E-state index < -0.39 is 11.5 Å². The lowest BCUT2D eigenvalue weighted by molar-refractivity contribution is -0.145. The van der Waals surface area contributed by atoms with E-state index in [0.717, 1.165) is 12.8 Å². The van der Waals surface area contributed by atoms with Crippen LogP contribution in [0.4, 0.5) is 0 Å². The van der Waals surface area contributed by atoms with Crippen LogP contribution in [-0.4, -0.2) is 31.4 Å². The van der Waals surface area contributed by atoms with Crippen molar-refractivity contribution in [3.8, 4) is 0 Å². The molecule has 1 aromatic heterocycles. The molecule has 6 nitrogen and oxygen atoms in total. The van der Waals surface area contributed by atoms with Crippen molar-refractivity contribution in [1.29, 1.82) is 0 Å². The fraction of sp³-hybridized carbons (Fsp3) is 0.700. The number of aromatic nitrogens is 3. The molecular weight excluding hydrogens is 208 g/mol. The number of rotatable bonds is 3. The maximum Gasteiger partial charge on any atom is 0.323 e. The molecule has 0 saturated heterocycles. The molecule has 2 atom stereocenters. The number of carboxylic acid groups (broad SMARTS) is 1. The lowest BCUT2D eigenvalue weighted by Crippen LogP contribution is -2.51. The maximum absolute atomic E-state index is 11.1. The SMILES string of the molecule is NC1(C(=O)O)CCCC(Cn2cncn2)C1. The highest BCUT2D eigenvalue weighted by molar-refractivity contribution is 5.78. The molecule has 0 aromatic carbocycles. The summed E-state index contributed by atoms with van der Waals surface area (Å²) in [5, 5.41) is 13.1. The molecule has 6 heteroatoms. The van der Waals surface area contributed by atoms with E-state index in [9.17, 15) is 4.79 Å². The molecule has 2 unspecified atom stereocenters. The fourth-order valence-electron chi connectivity index (χ4n) is 2.37. The van der Waals surface area contributed by atoms with Gasteiger partial charge in [-0.1, -0.05) is 6.42 Å². The van der Waals surface area contributed by atoms with Crippen LogP contribution in [0.25, 0.3) is 0 Å². The molecule has 0 radical (unpaired) electrons. The van der Waals surface area contributed by atoms with Gasteiger partial charge in [-0.3, -0.25) is 9.48 Å². The summed E-state index contributed by atoms with van der Waals surface area (Å²) in [5.74, 6) is -0.618. The van der Waals surface area contributed by atoms with Crippen LogP contribution < -0.4 is 5.73 Å². The Bertz CT molecular complexity index is 365. The van der Waals surface area contributed by atoms with E-state index in [4.69, 9.17) is 10.8 Å². The van der Waals surface area contributed by atoms with E-state index in [-0.39, 0.29) is 5.92 Å². The second-order valence-corrected chi connectivity index (χ2v) is 4.54. The summed E-state index contributed by atoms with van der Waals surface area (Å²) in [7, 11) is 0. The van der Waals surface area contributed by atoms with Crippen LogP contribution in [0.2, 0.25) is 0 Å². The minimum absolute atomic E-state index is 0.275. The van der Waals surface area contributed by atoms with Crippen molar-refractivity contribution in [2.75, 3.05) is 0 Å².